The van der Waals surface area contributed by atoms with E-state index in [-0.39, 0.29) is 10.8 Å². The first-order valence-electron chi connectivity index (χ1n) is 9.49. The van der Waals surface area contributed by atoms with Gasteiger partial charge < -0.3 is 9.67 Å². The molecule has 1 aromatic heterocycles. The molecule has 144 valence electrons. The van der Waals surface area contributed by atoms with Gasteiger partial charge in [-0.3, -0.25) is 0 Å². The lowest BCUT2D eigenvalue weighted by Gasteiger charge is -2.28. The predicted octanol–water partition coefficient (Wildman–Crippen LogP) is 6.22. The van der Waals surface area contributed by atoms with Crippen molar-refractivity contribution >= 4 is 11.8 Å². The van der Waals surface area contributed by atoms with Crippen LogP contribution in [-0.4, -0.2) is 15.9 Å². The molecule has 1 heterocycles. The Kier molecular flexibility index (Phi) is 6.22. The Morgan fingerprint density at radius 3 is 1.81 bits per heavy atom. The Balaban J connectivity index is 2.23. The third-order valence-electron chi connectivity index (χ3n) is 4.94. The first-order chi connectivity index (χ1) is 11.9. The average Bonchev–Trinajstić information content (AvgIpc) is 2.86. The topological polar surface area (TPSA) is 25.2 Å². The molecule has 0 aliphatic rings. The lowest BCUT2D eigenvalue weighted by atomic mass is 9.78. The zero-order valence-electron chi connectivity index (χ0n) is 17.7. The predicted molar refractivity (Wildman–Crippen MR) is 115 cm³/mol. The van der Waals surface area contributed by atoms with Crippen molar-refractivity contribution in [2.45, 2.75) is 76.7 Å². The normalized spacial score (nSPS) is 12.6. The second-order valence-corrected chi connectivity index (χ2v) is 10.2. The van der Waals surface area contributed by atoms with Gasteiger partial charge in [-0.1, -0.05) is 53.7 Å². The van der Waals surface area contributed by atoms with E-state index in [1.807, 2.05) is 0 Å². The van der Waals surface area contributed by atoms with E-state index in [4.69, 9.17) is 0 Å². The van der Waals surface area contributed by atoms with Crippen molar-refractivity contribution in [2.24, 2.45) is 7.05 Å². The zero-order chi connectivity index (χ0) is 19.7. The highest BCUT2D eigenvalue weighted by molar-refractivity contribution is 7.98. The third-order valence-corrected chi connectivity index (χ3v) is 5.77. The minimum absolute atomic E-state index is 0.0627. The van der Waals surface area contributed by atoms with E-state index >= 15 is 0 Å². The zero-order valence-corrected chi connectivity index (χ0v) is 18.5. The van der Waals surface area contributed by atoms with Gasteiger partial charge in [-0.15, -0.1) is 11.8 Å². The van der Waals surface area contributed by atoms with Crippen LogP contribution in [0.3, 0.4) is 0 Å². The molecular weight excluding hydrogens is 338 g/mol. The van der Waals surface area contributed by atoms with Gasteiger partial charge >= 0.3 is 0 Å². The molecule has 1 N–H and O–H groups in total. The Hall–Kier alpha value is -1.35. The Bertz CT molecular complexity index is 724. The highest BCUT2D eigenvalue weighted by atomic mass is 32.2. The summed E-state index contributed by atoms with van der Waals surface area (Å²) in [5, 5.41) is 12.2. The molecule has 0 aliphatic carbocycles. The number of aromatic hydroxyl groups is 1. The Morgan fingerprint density at radius 2 is 1.38 bits per heavy atom. The quantitative estimate of drug-likeness (QED) is 0.629. The number of hydrogen-bond acceptors (Lipinski definition) is 2. The molecule has 0 aliphatic heterocycles. The molecule has 3 heteroatoms. The van der Waals surface area contributed by atoms with Crippen molar-refractivity contribution in [3.8, 4) is 5.75 Å². The van der Waals surface area contributed by atoms with Gasteiger partial charge in [0.15, 0.2) is 0 Å². The molecule has 0 saturated heterocycles. The van der Waals surface area contributed by atoms with Crippen LogP contribution in [0.15, 0.2) is 29.4 Å². The van der Waals surface area contributed by atoms with E-state index in [0.717, 1.165) is 30.4 Å². The van der Waals surface area contributed by atoms with Crippen LogP contribution in [0, 0.1) is 0 Å². The minimum atomic E-state index is -0.0627. The first-order valence-corrected chi connectivity index (χ1v) is 10.7. The van der Waals surface area contributed by atoms with E-state index in [1.54, 1.807) is 11.8 Å². The minimum Gasteiger partial charge on any atom is -0.507 e. The van der Waals surface area contributed by atoms with E-state index in [9.17, 15) is 5.11 Å². The molecule has 0 saturated carbocycles. The van der Waals surface area contributed by atoms with Gasteiger partial charge in [-0.25, -0.2) is 0 Å². The van der Waals surface area contributed by atoms with Crippen molar-refractivity contribution in [1.82, 2.24) is 4.57 Å². The summed E-state index contributed by atoms with van der Waals surface area (Å²) >= 11 is 1.79. The molecule has 0 radical (unpaired) electrons. The highest BCUT2D eigenvalue weighted by Gasteiger charge is 2.26. The molecule has 2 aromatic rings. The summed E-state index contributed by atoms with van der Waals surface area (Å²) in [5.41, 5.74) is 4.73. The summed E-state index contributed by atoms with van der Waals surface area (Å²) in [6, 6.07) is 6.72. The molecule has 0 unspecified atom stereocenters. The number of hydrogen-bond donors (Lipinski definition) is 1. The molecule has 0 fully saturated rings. The lowest BCUT2D eigenvalue weighted by molar-refractivity contribution is 0.422. The van der Waals surface area contributed by atoms with Crippen molar-refractivity contribution in [3.63, 3.8) is 0 Å². The maximum Gasteiger partial charge on any atom is 0.123 e. The monoisotopic (exact) mass is 373 g/mol. The third kappa shape index (κ3) is 4.88. The van der Waals surface area contributed by atoms with E-state index in [2.05, 4.69) is 83.8 Å². The van der Waals surface area contributed by atoms with E-state index in [1.165, 1.54) is 16.2 Å². The van der Waals surface area contributed by atoms with Crippen LogP contribution in [0.2, 0.25) is 0 Å². The van der Waals surface area contributed by atoms with Gasteiger partial charge in [-0.2, -0.15) is 0 Å². The molecule has 0 bridgehead atoms. The van der Waals surface area contributed by atoms with E-state index in [0.29, 0.717) is 5.75 Å². The fourth-order valence-electron chi connectivity index (χ4n) is 3.43. The van der Waals surface area contributed by atoms with Crippen LogP contribution in [0.1, 0.15) is 70.2 Å². The number of phenols is 1. The van der Waals surface area contributed by atoms with Crippen molar-refractivity contribution in [1.29, 1.82) is 0 Å². The lowest BCUT2D eigenvalue weighted by Crippen LogP contribution is -2.18. The molecule has 0 spiro atoms. The van der Waals surface area contributed by atoms with Crippen LogP contribution in [0.5, 0.6) is 5.75 Å². The van der Waals surface area contributed by atoms with Gasteiger partial charge in [0, 0.05) is 13.2 Å². The summed E-state index contributed by atoms with van der Waals surface area (Å²) in [5.74, 6) is 0.474. The second kappa shape index (κ2) is 7.72. The molecule has 1 aromatic carbocycles. The molecule has 0 amide bonds. The largest absolute Gasteiger partial charge is 0.507 e. The number of thioether (sulfide) groups is 1. The Morgan fingerprint density at radius 1 is 0.885 bits per heavy atom. The van der Waals surface area contributed by atoms with Gasteiger partial charge in [0.2, 0.25) is 0 Å². The maximum atomic E-state index is 10.8. The number of aromatic nitrogens is 1. The fourth-order valence-corrected chi connectivity index (χ4v) is 4.04. The maximum absolute atomic E-state index is 10.8. The first kappa shape index (κ1) is 21.0. The molecule has 26 heavy (non-hydrogen) atoms. The molecule has 0 atom stereocenters. The summed E-state index contributed by atoms with van der Waals surface area (Å²) in [4.78, 5) is 0. The van der Waals surface area contributed by atoms with Gasteiger partial charge in [0.25, 0.3) is 0 Å². The average molecular weight is 374 g/mol. The van der Waals surface area contributed by atoms with Crippen molar-refractivity contribution in [3.05, 3.63) is 46.6 Å². The smallest absolute Gasteiger partial charge is 0.123 e. The number of phenolic OH excluding ortho intramolecular Hbond substituents is 1. The molecular formula is C23H35NOS. The van der Waals surface area contributed by atoms with Gasteiger partial charge in [0.05, 0.1) is 5.03 Å². The van der Waals surface area contributed by atoms with Crippen LogP contribution >= 0.6 is 11.8 Å². The van der Waals surface area contributed by atoms with Crippen LogP contribution < -0.4 is 0 Å². The van der Waals surface area contributed by atoms with Crippen LogP contribution in [0.4, 0.5) is 0 Å². The SMILES string of the molecule is CSc1cc(CCCc2cc(C(C)(C)C)c(O)c(C(C)(C)C)c2)cn1C. The summed E-state index contributed by atoms with van der Waals surface area (Å²) in [7, 11) is 2.11. The number of aryl methyl sites for hydroxylation is 3. The van der Waals surface area contributed by atoms with Crippen LogP contribution in [0.25, 0.3) is 0 Å². The second-order valence-electron chi connectivity index (χ2n) is 9.39. The van der Waals surface area contributed by atoms with Crippen LogP contribution in [-0.2, 0) is 30.7 Å². The van der Waals surface area contributed by atoms with E-state index < -0.39 is 0 Å². The number of benzene rings is 1. The van der Waals surface area contributed by atoms with Crippen molar-refractivity contribution in [2.75, 3.05) is 6.26 Å². The summed E-state index contributed by atoms with van der Waals surface area (Å²) < 4.78 is 2.20. The molecule has 2 nitrogen and oxygen atoms in total. The van der Waals surface area contributed by atoms with Crippen molar-refractivity contribution < 1.29 is 5.11 Å². The fraction of sp³-hybridized carbons (Fsp3) is 0.565. The number of rotatable bonds is 5. The summed E-state index contributed by atoms with van der Waals surface area (Å²) in [6.45, 7) is 13.0. The standard InChI is InChI=1S/C23H35NOS/c1-22(2,3)18-12-16(13-19(21(18)25)23(4,5)6)10-9-11-17-14-20(26-8)24(7)15-17/h12-15,25H,9-11H2,1-8H3. The highest BCUT2D eigenvalue weighted by Crippen LogP contribution is 2.40. The van der Waals surface area contributed by atoms with Gasteiger partial charge in [0.1, 0.15) is 5.75 Å². The molecule has 2 rings (SSSR count). The Labute approximate surface area is 164 Å². The van der Waals surface area contributed by atoms with Gasteiger partial charge in [-0.05, 0) is 64.7 Å². The summed E-state index contributed by atoms with van der Waals surface area (Å²) in [6.07, 6.45) is 7.61. The number of nitrogens with zero attached hydrogens (tertiary/aromatic N) is 1.